The van der Waals surface area contributed by atoms with Gasteiger partial charge in [0.15, 0.2) is 0 Å². The third kappa shape index (κ3) is 2.57. The summed E-state index contributed by atoms with van der Waals surface area (Å²) in [6, 6.07) is 9.56. The number of benzene rings is 1. The van der Waals surface area contributed by atoms with Gasteiger partial charge in [-0.2, -0.15) is 5.26 Å². The Kier molecular flexibility index (Phi) is 2.69. The summed E-state index contributed by atoms with van der Waals surface area (Å²) in [5.74, 6) is 0. The molecule has 0 atom stereocenters. The second-order valence-corrected chi connectivity index (χ2v) is 3.59. The first-order valence-electron chi connectivity index (χ1n) is 4.23. The highest BCUT2D eigenvalue weighted by Crippen LogP contribution is 2.20. The number of nitriles is 1. The van der Waals surface area contributed by atoms with E-state index in [1.807, 2.05) is 24.3 Å². The third-order valence-electron chi connectivity index (χ3n) is 1.92. The van der Waals surface area contributed by atoms with Crippen molar-refractivity contribution in [3.63, 3.8) is 0 Å². The Morgan fingerprint density at radius 1 is 1.46 bits per heavy atom. The highest BCUT2D eigenvalue weighted by molar-refractivity contribution is 5.28. The van der Waals surface area contributed by atoms with Gasteiger partial charge in [-0.3, -0.25) is 0 Å². The van der Waals surface area contributed by atoms with Gasteiger partial charge in [0.1, 0.15) is 0 Å². The summed E-state index contributed by atoms with van der Waals surface area (Å²) in [7, 11) is 0. The van der Waals surface area contributed by atoms with Crippen molar-refractivity contribution in [3.05, 3.63) is 35.4 Å². The van der Waals surface area contributed by atoms with Crippen LogP contribution >= 0.6 is 0 Å². The summed E-state index contributed by atoms with van der Waals surface area (Å²) in [5, 5.41) is 18.2. The Hall–Kier alpha value is -1.33. The van der Waals surface area contributed by atoms with Crippen LogP contribution in [0.2, 0.25) is 0 Å². The lowest BCUT2D eigenvalue weighted by Crippen LogP contribution is -2.15. The van der Waals surface area contributed by atoms with Crippen molar-refractivity contribution in [2.24, 2.45) is 0 Å². The molecule has 0 fully saturated rings. The van der Waals surface area contributed by atoms with E-state index in [-0.39, 0.29) is 0 Å². The summed E-state index contributed by atoms with van der Waals surface area (Å²) in [6.45, 7) is 3.47. The van der Waals surface area contributed by atoms with Gasteiger partial charge in [-0.25, -0.2) is 0 Å². The molecule has 2 heteroatoms. The van der Waals surface area contributed by atoms with E-state index >= 15 is 0 Å². The van der Waals surface area contributed by atoms with Crippen molar-refractivity contribution in [1.29, 1.82) is 5.26 Å². The van der Waals surface area contributed by atoms with Gasteiger partial charge in [-0.15, -0.1) is 0 Å². The second kappa shape index (κ2) is 3.59. The molecule has 0 aromatic heterocycles. The van der Waals surface area contributed by atoms with E-state index in [9.17, 15) is 5.11 Å². The molecule has 0 heterocycles. The van der Waals surface area contributed by atoms with Crippen LogP contribution in [0.4, 0.5) is 0 Å². The molecule has 0 saturated heterocycles. The molecule has 0 bridgehead atoms. The zero-order chi connectivity index (χ0) is 9.90. The highest BCUT2D eigenvalue weighted by atomic mass is 16.3. The average Bonchev–Trinajstić information content (AvgIpc) is 2.04. The molecule has 0 aliphatic heterocycles. The fourth-order valence-corrected chi connectivity index (χ4v) is 1.15. The van der Waals surface area contributed by atoms with Crippen LogP contribution in [0.5, 0.6) is 0 Å². The molecule has 0 amide bonds. The molecule has 68 valence electrons. The molecule has 1 aromatic carbocycles. The quantitative estimate of drug-likeness (QED) is 0.746. The third-order valence-corrected chi connectivity index (χ3v) is 1.92. The van der Waals surface area contributed by atoms with E-state index < -0.39 is 5.60 Å². The van der Waals surface area contributed by atoms with E-state index in [4.69, 9.17) is 5.26 Å². The van der Waals surface area contributed by atoms with Gasteiger partial charge in [-0.1, -0.05) is 24.3 Å². The average molecular weight is 175 g/mol. The molecule has 0 radical (unpaired) electrons. The number of aliphatic hydroxyl groups is 1. The molecule has 13 heavy (non-hydrogen) atoms. The first-order chi connectivity index (χ1) is 6.04. The van der Waals surface area contributed by atoms with Crippen LogP contribution < -0.4 is 0 Å². The van der Waals surface area contributed by atoms with Gasteiger partial charge >= 0.3 is 0 Å². The van der Waals surface area contributed by atoms with E-state index in [0.29, 0.717) is 6.42 Å². The summed E-state index contributed by atoms with van der Waals surface area (Å²) in [6.07, 6.45) is 0.393. The maximum absolute atomic E-state index is 9.70. The normalized spacial score (nSPS) is 10.9. The largest absolute Gasteiger partial charge is 0.386 e. The summed E-state index contributed by atoms with van der Waals surface area (Å²) in [4.78, 5) is 0. The molecule has 0 unspecified atom stereocenters. The Morgan fingerprint density at radius 2 is 2.15 bits per heavy atom. The summed E-state index contributed by atoms with van der Waals surface area (Å²) in [5.41, 5.74) is 0.966. The number of hydrogen-bond acceptors (Lipinski definition) is 2. The molecule has 1 rings (SSSR count). The van der Waals surface area contributed by atoms with Crippen molar-refractivity contribution in [2.75, 3.05) is 0 Å². The number of hydrogen-bond donors (Lipinski definition) is 1. The maximum Gasteiger partial charge on any atom is 0.0840 e. The van der Waals surface area contributed by atoms with Crippen LogP contribution in [-0.2, 0) is 12.0 Å². The first kappa shape index (κ1) is 9.76. The van der Waals surface area contributed by atoms with Crippen molar-refractivity contribution >= 4 is 0 Å². The second-order valence-electron chi connectivity index (χ2n) is 3.59. The lowest BCUT2D eigenvalue weighted by atomic mass is 9.96. The minimum Gasteiger partial charge on any atom is -0.386 e. The van der Waals surface area contributed by atoms with Gasteiger partial charge in [0.05, 0.1) is 18.1 Å². The Bertz CT molecular complexity index is 331. The molecular formula is C11H13NO. The summed E-state index contributed by atoms with van der Waals surface area (Å²) < 4.78 is 0. The van der Waals surface area contributed by atoms with Crippen molar-refractivity contribution in [1.82, 2.24) is 0 Å². The SMILES string of the molecule is CC(C)(O)c1cccc(CC#N)c1. The topological polar surface area (TPSA) is 44.0 Å². The molecule has 0 aliphatic rings. The van der Waals surface area contributed by atoms with Gasteiger partial charge < -0.3 is 5.11 Å². The minimum absolute atomic E-state index is 0.393. The monoisotopic (exact) mass is 175 g/mol. The molecule has 1 N–H and O–H groups in total. The van der Waals surface area contributed by atoms with E-state index in [1.54, 1.807) is 13.8 Å². The Balaban J connectivity index is 3.00. The van der Waals surface area contributed by atoms with Gasteiger partial charge in [-0.05, 0) is 25.0 Å². The molecule has 0 aliphatic carbocycles. The van der Waals surface area contributed by atoms with Crippen molar-refractivity contribution in [3.8, 4) is 6.07 Å². The molecule has 2 nitrogen and oxygen atoms in total. The molecule has 0 spiro atoms. The molecule has 0 saturated carbocycles. The van der Waals surface area contributed by atoms with Crippen LogP contribution in [0.15, 0.2) is 24.3 Å². The van der Waals surface area contributed by atoms with Crippen molar-refractivity contribution in [2.45, 2.75) is 25.9 Å². The fourth-order valence-electron chi connectivity index (χ4n) is 1.15. The van der Waals surface area contributed by atoms with E-state index in [0.717, 1.165) is 11.1 Å². The minimum atomic E-state index is -0.828. The molecule has 1 aromatic rings. The van der Waals surface area contributed by atoms with E-state index in [1.165, 1.54) is 0 Å². The van der Waals surface area contributed by atoms with Crippen LogP contribution in [0.25, 0.3) is 0 Å². The van der Waals surface area contributed by atoms with Gasteiger partial charge in [0.25, 0.3) is 0 Å². The number of rotatable bonds is 2. The van der Waals surface area contributed by atoms with Crippen LogP contribution in [0, 0.1) is 11.3 Å². The zero-order valence-corrected chi connectivity index (χ0v) is 7.91. The summed E-state index contributed by atoms with van der Waals surface area (Å²) >= 11 is 0. The lowest BCUT2D eigenvalue weighted by Gasteiger charge is -2.17. The predicted molar refractivity (Wildman–Crippen MR) is 51.0 cm³/mol. The number of nitrogens with zero attached hydrogens (tertiary/aromatic N) is 1. The van der Waals surface area contributed by atoms with Crippen molar-refractivity contribution < 1.29 is 5.11 Å². The van der Waals surface area contributed by atoms with E-state index in [2.05, 4.69) is 6.07 Å². The standard InChI is InChI=1S/C11H13NO/c1-11(2,13)10-5-3-4-9(8-10)6-7-12/h3-5,8,13H,6H2,1-2H3. The fraction of sp³-hybridized carbons (Fsp3) is 0.364. The Labute approximate surface area is 78.4 Å². The van der Waals surface area contributed by atoms with Gasteiger partial charge in [0, 0.05) is 0 Å². The highest BCUT2D eigenvalue weighted by Gasteiger charge is 2.15. The first-order valence-corrected chi connectivity index (χ1v) is 4.23. The van der Waals surface area contributed by atoms with Crippen LogP contribution in [-0.4, -0.2) is 5.11 Å². The maximum atomic E-state index is 9.70. The van der Waals surface area contributed by atoms with Crippen LogP contribution in [0.3, 0.4) is 0 Å². The lowest BCUT2D eigenvalue weighted by molar-refractivity contribution is 0.0785. The zero-order valence-electron chi connectivity index (χ0n) is 7.91. The Morgan fingerprint density at radius 3 is 2.69 bits per heavy atom. The van der Waals surface area contributed by atoms with Crippen LogP contribution in [0.1, 0.15) is 25.0 Å². The molecular weight excluding hydrogens is 162 g/mol. The predicted octanol–water partition coefficient (Wildman–Crippen LogP) is 1.98. The van der Waals surface area contributed by atoms with Gasteiger partial charge in [0.2, 0.25) is 0 Å². The smallest absolute Gasteiger partial charge is 0.0840 e.